The molecule has 0 amide bonds. The van der Waals surface area contributed by atoms with Gasteiger partial charge in [-0.25, -0.2) is 0 Å². The van der Waals surface area contributed by atoms with Crippen LogP contribution in [0.15, 0.2) is 10.7 Å². The summed E-state index contributed by atoms with van der Waals surface area (Å²) in [5.41, 5.74) is 0.904. The van der Waals surface area contributed by atoms with Gasteiger partial charge >= 0.3 is 6.08 Å². The number of hydrogen-bond donors (Lipinski definition) is 1. The van der Waals surface area contributed by atoms with Crippen LogP contribution in [0.5, 0.6) is 6.08 Å². The molecule has 4 nitrogen and oxygen atoms in total. The Kier molecular flexibility index (Phi) is 4.86. The third kappa shape index (κ3) is 4.23. The van der Waals surface area contributed by atoms with Crippen LogP contribution in [0.3, 0.4) is 0 Å². The first-order valence-corrected chi connectivity index (χ1v) is 7.39. The van der Waals surface area contributed by atoms with Crippen LogP contribution in [-0.4, -0.2) is 17.1 Å². The molecule has 1 heterocycles. The van der Waals surface area contributed by atoms with Crippen molar-refractivity contribution in [2.45, 2.75) is 65.6 Å². The maximum atomic E-state index is 5.86. The largest absolute Gasteiger partial charge is 0.447 e. The van der Waals surface area contributed by atoms with Gasteiger partial charge in [0.15, 0.2) is 0 Å². The molecule has 0 bridgehead atoms. The van der Waals surface area contributed by atoms with Crippen LogP contribution in [0, 0.1) is 11.8 Å². The molecule has 2 rings (SSSR count). The van der Waals surface area contributed by atoms with Gasteiger partial charge in [0.2, 0.25) is 0 Å². The number of hydrogen-bond acceptors (Lipinski definition) is 4. The van der Waals surface area contributed by atoms with Crippen molar-refractivity contribution >= 4 is 0 Å². The second kappa shape index (κ2) is 6.42. The van der Waals surface area contributed by atoms with Crippen molar-refractivity contribution < 1.29 is 9.15 Å². The topological polar surface area (TPSA) is 47.3 Å². The van der Waals surface area contributed by atoms with E-state index in [2.05, 4.69) is 38.0 Å². The monoisotopic (exact) mass is 266 g/mol. The molecule has 3 atom stereocenters. The lowest BCUT2D eigenvalue weighted by molar-refractivity contribution is 0.0729. The van der Waals surface area contributed by atoms with Crippen LogP contribution >= 0.6 is 0 Å². The maximum absolute atomic E-state index is 5.86. The summed E-state index contributed by atoms with van der Waals surface area (Å²) in [6.45, 7) is 9.57. The van der Waals surface area contributed by atoms with E-state index in [1.807, 2.05) is 0 Å². The van der Waals surface area contributed by atoms with Crippen molar-refractivity contribution in [2.24, 2.45) is 11.8 Å². The molecule has 0 aliphatic heterocycles. The summed E-state index contributed by atoms with van der Waals surface area (Å²) >= 11 is 0. The predicted octanol–water partition coefficient (Wildman–Crippen LogP) is 3.38. The van der Waals surface area contributed by atoms with Gasteiger partial charge in [-0.05, 0) is 31.1 Å². The average molecular weight is 266 g/mol. The zero-order valence-corrected chi connectivity index (χ0v) is 12.5. The Balaban J connectivity index is 1.83. The van der Waals surface area contributed by atoms with E-state index < -0.39 is 0 Å². The zero-order chi connectivity index (χ0) is 13.8. The fraction of sp³-hybridized carbons (Fsp3) is 0.800. The molecule has 19 heavy (non-hydrogen) atoms. The summed E-state index contributed by atoms with van der Waals surface area (Å²) in [6, 6.07) is 0.446. The standard InChI is InChI=1S/C15H26N2O2/c1-10(2)16-8-13-9-18-15(17-13)19-14-6-5-11(3)12(4)7-14/h9-12,14,16H,5-8H2,1-4H3. The van der Waals surface area contributed by atoms with Gasteiger partial charge in [-0.3, -0.25) is 0 Å². The molecule has 3 unspecified atom stereocenters. The van der Waals surface area contributed by atoms with Gasteiger partial charge < -0.3 is 14.5 Å². The molecule has 0 saturated heterocycles. The molecule has 1 aromatic heterocycles. The first-order valence-electron chi connectivity index (χ1n) is 7.39. The number of nitrogens with zero attached hydrogens (tertiary/aromatic N) is 1. The Morgan fingerprint density at radius 1 is 1.37 bits per heavy atom. The Morgan fingerprint density at radius 2 is 2.16 bits per heavy atom. The molecule has 1 saturated carbocycles. The van der Waals surface area contributed by atoms with E-state index >= 15 is 0 Å². The number of ether oxygens (including phenoxy) is 1. The van der Waals surface area contributed by atoms with Gasteiger partial charge in [0.05, 0.1) is 5.69 Å². The quantitative estimate of drug-likeness (QED) is 0.887. The van der Waals surface area contributed by atoms with E-state index in [9.17, 15) is 0 Å². The van der Waals surface area contributed by atoms with Crippen LogP contribution in [0.25, 0.3) is 0 Å². The third-order valence-electron chi connectivity index (χ3n) is 4.04. The molecule has 0 spiro atoms. The van der Waals surface area contributed by atoms with Crippen molar-refractivity contribution in [3.05, 3.63) is 12.0 Å². The number of nitrogens with one attached hydrogen (secondary N) is 1. The summed E-state index contributed by atoms with van der Waals surface area (Å²) in [4.78, 5) is 4.37. The van der Waals surface area contributed by atoms with E-state index in [0.29, 0.717) is 12.1 Å². The van der Waals surface area contributed by atoms with Crippen molar-refractivity contribution in [3.8, 4) is 6.08 Å². The highest BCUT2D eigenvalue weighted by molar-refractivity contribution is 5.00. The average Bonchev–Trinajstić information content (AvgIpc) is 2.79. The molecular formula is C15H26N2O2. The molecule has 4 heteroatoms. The van der Waals surface area contributed by atoms with Crippen molar-refractivity contribution in [3.63, 3.8) is 0 Å². The molecule has 1 N–H and O–H groups in total. The van der Waals surface area contributed by atoms with Crippen LogP contribution in [0.4, 0.5) is 0 Å². The lowest BCUT2D eigenvalue weighted by Crippen LogP contribution is -2.28. The summed E-state index contributed by atoms with van der Waals surface area (Å²) in [7, 11) is 0. The van der Waals surface area contributed by atoms with Crippen LogP contribution in [-0.2, 0) is 6.54 Å². The minimum Gasteiger partial charge on any atom is -0.447 e. The van der Waals surface area contributed by atoms with Gasteiger partial charge in [0.1, 0.15) is 12.4 Å². The Bertz CT molecular complexity index is 389. The molecule has 1 fully saturated rings. The van der Waals surface area contributed by atoms with E-state index in [0.717, 1.165) is 36.9 Å². The van der Waals surface area contributed by atoms with E-state index in [-0.39, 0.29) is 6.10 Å². The molecule has 1 aliphatic carbocycles. The molecule has 1 aromatic rings. The van der Waals surface area contributed by atoms with Gasteiger partial charge in [-0.1, -0.05) is 27.7 Å². The van der Waals surface area contributed by atoms with Crippen molar-refractivity contribution in [2.75, 3.05) is 0 Å². The van der Waals surface area contributed by atoms with Crippen molar-refractivity contribution in [1.82, 2.24) is 10.3 Å². The smallest absolute Gasteiger partial charge is 0.394 e. The Labute approximate surface area is 115 Å². The van der Waals surface area contributed by atoms with Gasteiger partial charge in [-0.2, -0.15) is 4.98 Å². The zero-order valence-electron chi connectivity index (χ0n) is 12.5. The van der Waals surface area contributed by atoms with Crippen molar-refractivity contribution in [1.29, 1.82) is 0 Å². The fourth-order valence-corrected chi connectivity index (χ4v) is 2.48. The first kappa shape index (κ1) is 14.4. The normalized spacial score (nSPS) is 27.7. The molecule has 0 radical (unpaired) electrons. The minimum atomic E-state index is 0.260. The number of aromatic nitrogens is 1. The maximum Gasteiger partial charge on any atom is 0.394 e. The summed E-state index contributed by atoms with van der Waals surface area (Å²) in [5, 5.41) is 3.31. The van der Waals surface area contributed by atoms with Gasteiger partial charge in [0.25, 0.3) is 0 Å². The number of oxazole rings is 1. The van der Waals surface area contributed by atoms with Crippen LogP contribution in [0.1, 0.15) is 52.7 Å². The predicted molar refractivity (Wildman–Crippen MR) is 75.1 cm³/mol. The summed E-state index contributed by atoms with van der Waals surface area (Å²) < 4.78 is 11.2. The SMILES string of the molecule is CC(C)NCc1coc(OC2CCC(C)C(C)C2)n1. The number of rotatable bonds is 5. The second-order valence-electron chi connectivity index (χ2n) is 6.15. The van der Waals surface area contributed by atoms with Crippen LogP contribution < -0.4 is 10.1 Å². The lowest BCUT2D eigenvalue weighted by Gasteiger charge is -2.31. The molecule has 0 aromatic carbocycles. The summed E-state index contributed by atoms with van der Waals surface area (Å²) in [5.74, 6) is 1.52. The molecular weight excluding hydrogens is 240 g/mol. The Hall–Kier alpha value is -1.03. The molecule has 1 aliphatic rings. The van der Waals surface area contributed by atoms with Crippen LogP contribution in [0.2, 0.25) is 0 Å². The highest BCUT2D eigenvalue weighted by atomic mass is 16.6. The lowest BCUT2D eigenvalue weighted by atomic mass is 9.80. The fourth-order valence-electron chi connectivity index (χ4n) is 2.48. The summed E-state index contributed by atoms with van der Waals surface area (Å²) in [6.07, 6.45) is 5.80. The van der Waals surface area contributed by atoms with E-state index in [1.165, 1.54) is 6.42 Å². The van der Waals surface area contributed by atoms with E-state index in [1.54, 1.807) is 6.26 Å². The minimum absolute atomic E-state index is 0.260. The van der Waals surface area contributed by atoms with Gasteiger partial charge in [-0.15, -0.1) is 0 Å². The Morgan fingerprint density at radius 3 is 2.84 bits per heavy atom. The third-order valence-corrected chi connectivity index (χ3v) is 4.04. The second-order valence-corrected chi connectivity index (χ2v) is 6.15. The highest BCUT2D eigenvalue weighted by Crippen LogP contribution is 2.31. The first-order chi connectivity index (χ1) is 9.04. The van der Waals surface area contributed by atoms with E-state index in [4.69, 9.17) is 9.15 Å². The molecule has 108 valence electrons. The van der Waals surface area contributed by atoms with Gasteiger partial charge in [0, 0.05) is 12.6 Å². The highest BCUT2D eigenvalue weighted by Gasteiger charge is 2.26.